The maximum Gasteiger partial charge on any atom is 0.119 e. The summed E-state index contributed by atoms with van der Waals surface area (Å²) in [7, 11) is 3.38. The molecule has 0 spiro atoms. The normalized spacial score (nSPS) is 12.3. The molecule has 0 radical (unpaired) electrons. The van der Waals surface area contributed by atoms with Crippen LogP contribution in [0.1, 0.15) is 17.5 Å². The molecule has 5 heteroatoms. The summed E-state index contributed by atoms with van der Waals surface area (Å²) in [4.78, 5) is 2.23. The fraction of sp³-hybridized carbons (Fsp3) is 0.455. The summed E-state index contributed by atoms with van der Waals surface area (Å²) < 4.78 is 16.1. The van der Waals surface area contributed by atoms with Crippen molar-refractivity contribution in [1.82, 2.24) is 4.90 Å². The lowest BCUT2D eigenvalue weighted by Crippen LogP contribution is -2.35. The summed E-state index contributed by atoms with van der Waals surface area (Å²) in [6.45, 7) is 3.67. The van der Waals surface area contributed by atoms with Crippen molar-refractivity contribution in [2.45, 2.75) is 25.7 Å². The Bertz CT molecular complexity index is 635. The van der Waals surface area contributed by atoms with Crippen molar-refractivity contribution in [1.29, 1.82) is 0 Å². The number of hydrogen-bond acceptors (Lipinski definition) is 5. The van der Waals surface area contributed by atoms with E-state index in [2.05, 4.69) is 11.0 Å². The fourth-order valence-corrected chi connectivity index (χ4v) is 2.93. The van der Waals surface area contributed by atoms with E-state index in [1.165, 1.54) is 0 Å². The second kappa shape index (κ2) is 12.5. The summed E-state index contributed by atoms with van der Waals surface area (Å²) in [6.07, 6.45) is 0.375. The average Bonchev–Trinajstić information content (AvgIpc) is 2.69. The minimum Gasteiger partial charge on any atom is -0.497 e. The fourth-order valence-electron chi connectivity index (χ4n) is 2.93. The number of aliphatic hydroxyl groups excluding tert-OH is 1. The highest BCUT2D eigenvalue weighted by molar-refractivity contribution is 5.28. The first-order chi connectivity index (χ1) is 13.2. The Kier molecular flexibility index (Phi) is 9.87. The lowest BCUT2D eigenvalue weighted by molar-refractivity contribution is 0.00738. The van der Waals surface area contributed by atoms with Crippen LogP contribution >= 0.6 is 0 Å². The molecule has 0 aliphatic carbocycles. The Morgan fingerprint density at radius 2 is 1.78 bits per heavy atom. The molecule has 2 aromatic rings. The molecular formula is C22H31NO4. The quantitative estimate of drug-likeness (QED) is 0.547. The van der Waals surface area contributed by atoms with E-state index < -0.39 is 6.10 Å². The van der Waals surface area contributed by atoms with E-state index in [-0.39, 0.29) is 0 Å². The summed E-state index contributed by atoms with van der Waals surface area (Å²) in [6, 6.07) is 18.0. The Morgan fingerprint density at radius 1 is 1.00 bits per heavy atom. The van der Waals surface area contributed by atoms with Crippen molar-refractivity contribution in [3.05, 3.63) is 65.7 Å². The Hall–Kier alpha value is -1.92. The number of hydrogen-bond donors (Lipinski definition) is 1. The standard InChI is InChI=1S/C22H31NO4/c1-25-13-7-12-23(15-20-10-6-11-22(14-20)26-2)16-21(24)18-27-17-19-8-4-3-5-9-19/h3-6,8-11,14,21,24H,7,12-13,15-18H2,1-2H3/t21-/m0/s1. The molecule has 1 N–H and O–H groups in total. The van der Waals surface area contributed by atoms with Crippen molar-refractivity contribution < 1.29 is 19.3 Å². The van der Waals surface area contributed by atoms with E-state index in [0.29, 0.717) is 26.4 Å². The van der Waals surface area contributed by atoms with E-state index in [9.17, 15) is 5.11 Å². The monoisotopic (exact) mass is 373 g/mol. The number of aliphatic hydroxyl groups is 1. The zero-order valence-corrected chi connectivity index (χ0v) is 16.3. The summed E-state index contributed by atoms with van der Waals surface area (Å²) >= 11 is 0. The van der Waals surface area contributed by atoms with Gasteiger partial charge in [0.15, 0.2) is 0 Å². The molecule has 0 unspecified atom stereocenters. The molecule has 1 atom stereocenters. The average molecular weight is 373 g/mol. The number of rotatable bonds is 13. The third-order valence-electron chi connectivity index (χ3n) is 4.25. The van der Waals surface area contributed by atoms with Gasteiger partial charge in [-0.25, -0.2) is 0 Å². The molecule has 0 heterocycles. The van der Waals surface area contributed by atoms with Gasteiger partial charge in [0, 0.05) is 33.4 Å². The zero-order chi connectivity index (χ0) is 19.3. The van der Waals surface area contributed by atoms with E-state index in [0.717, 1.165) is 36.4 Å². The molecule has 0 aromatic heterocycles. The van der Waals surface area contributed by atoms with Crippen LogP contribution in [0.25, 0.3) is 0 Å². The molecule has 2 aromatic carbocycles. The second-order valence-electron chi connectivity index (χ2n) is 6.59. The van der Waals surface area contributed by atoms with Gasteiger partial charge in [0.05, 0.1) is 26.4 Å². The van der Waals surface area contributed by atoms with Gasteiger partial charge in [0.1, 0.15) is 5.75 Å². The van der Waals surface area contributed by atoms with E-state index >= 15 is 0 Å². The first-order valence-electron chi connectivity index (χ1n) is 9.35. The molecule has 0 saturated heterocycles. The predicted octanol–water partition coefficient (Wildman–Crippen LogP) is 3.11. The molecule has 0 aliphatic rings. The highest BCUT2D eigenvalue weighted by Crippen LogP contribution is 2.15. The Balaban J connectivity index is 1.84. The number of methoxy groups -OCH3 is 2. The second-order valence-corrected chi connectivity index (χ2v) is 6.59. The largest absolute Gasteiger partial charge is 0.497 e. The first kappa shape index (κ1) is 21.4. The van der Waals surface area contributed by atoms with E-state index in [4.69, 9.17) is 14.2 Å². The maximum absolute atomic E-state index is 10.4. The molecule has 27 heavy (non-hydrogen) atoms. The smallest absolute Gasteiger partial charge is 0.119 e. The minimum absolute atomic E-state index is 0.313. The van der Waals surface area contributed by atoms with Gasteiger partial charge < -0.3 is 19.3 Å². The minimum atomic E-state index is -0.540. The molecule has 0 aliphatic heterocycles. The van der Waals surface area contributed by atoms with Crippen molar-refractivity contribution in [2.75, 3.05) is 40.5 Å². The van der Waals surface area contributed by atoms with E-state index in [1.54, 1.807) is 14.2 Å². The van der Waals surface area contributed by atoms with Crippen LogP contribution in [-0.2, 0) is 22.6 Å². The zero-order valence-electron chi connectivity index (χ0n) is 16.3. The van der Waals surface area contributed by atoms with Gasteiger partial charge >= 0.3 is 0 Å². The number of benzene rings is 2. The molecular weight excluding hydrogens is 342 g/mol. The number of nitrogens with zero attached hydrogens (tertiary/aromatic N) is 1. The summed E-state index contributed by atoms with van der Waals surface area (Å²) in [5.74, 6) is 0.844. The third kappa shape index (κ3) is 8.54. The molecule has 0 bridgehead atoms. The van der Waals surface area contributed by atoms with Crippen molar-refractivity contribution in [3.63, 3.8) is 0 Å². The maximum atomic E-state index is 10.4. The van der Waals surface area contributed by atoms with Crippen LogP contribution < -0.4 is 4.74 Å². The summed E-state index contributed by atoms with van der Waals surface area (Å²) in [5.41, 5.74) is 2.27. The van der Waals surface area contributed by atoms with Crippen LogP contribution in [0.2, 0.25) is 0 Å². The first-order valence-corrected chi connectivity index (χ1v) is 9.35. The summed E-state index contributed by atoms with van der Waals surface area (Å²) in [5, 5.41) is 10.4. The van der Waals surface area contributed by atoms with Crippen molar-refractivity contribution >= 4 is 0 Å². The topological polar surface area (TPSA) is 51.2 Å². The van der Waals surface area contributed by atoms with Gasteiger partial charge in [-0.3, -0.25) is 4.90 Å². The highest BCUT2D eigenvalue weighted by atomic mass is 16.5. The van der Waals surface area contributed by atoms with Crippen LogP contribution in [0.3, 0.4) is 0 Å². The Labute approximate surface area is 162 Å². The molecule has 2 rings (SSSR count). The van der Waals surface area contributed by atoms with Crippen molar-refractivity contribution in [3.8, 4) is 5.75 Å². The lowest BCUT2D eigenvalue weighted by Gasteiger charge is -2.25. The van der Waals surface area contributed by atoms with Gasteiger partial charge in [-0.1, -0.05) is 42.5 Å². The van der Waals surface area contributed by atoms with Crippen LogP contribution in [0, 0.1) is 0 Å². The highest BCUT2D eigenvalue weighted by Gasteiger charge is 2.13. The molecule has 0 fully saturated rings. The molecule has 0 amide bonds. The van der Waals surface area contributed by atoms with Gasteiger partial charge in [-0.15, -0.1) is 0 Å². The van der Waals surface area contributed by atoms with Gasteiger partial charge in [-0.2, -0.15) is 0 Å². The van der Waals surface area contributed by atoms with Gasteiger partial charge in [0.25, 0.3) is 0 Å². The van der Waals surface area contributed by atoms with Gasteiger partial charge in [-0.05, 0) is 29.7 Å². The van der Waals surface area contributed by atoms with E-state index in [1.807, 2.05) is 48.5 Å². The van der Waals surface area contributed by atoms with Crippen LogP contribution in [-0.4, -0.2) is 56.6 Å². The molecule has 5 nitrogen and oxygen atoms in total. The van der Waals surface area contributed by atoms with Crippen LogP contribution in [0.15, 0.2) is 54.6 Å². The lowest BCUT2D eigenvalue weighted by atomic mass is 10.2. The van der Waals surface area contributed by atoms with Crippen LogP contribution in [0.4, 0.5) is 0 Å². The predicted molar refractivity (Wildman–Crippen MR) is 107 cm³/mol. The molecule has 148 valence electrons. The Morgan fingerprint density at radius 3 is 2.52 bits per heavy atom. The molecule has 0 saturated carbocycles. The van der Waals surface area contributed by atoms with Crippen LogP contribution in [0.5, 0.6) is 5.75 Å². The number of ether oxygens (including phenoxy) is 3. The van der Waals surface area contributed by atoms with Gasteiger partial charge in [0.2, 0.25) is 0 Å². The third-order valence-corrected chi connectivity index (χ3v) is 4.25. The van der Waals surface area contributed by atoms with Crippen molar-refractivity contribution in [2.24, 2.45) is 0 Å². The SMILES string of the molecule is COCCCN(Cc1cccc(OC)c1)C[C@H](O)COCc1ccccc1.